The van der Waals surface area contributed by atoms with Gasteiger partial charge in [-0.2, -0.15) is 0 Å². The van der Waals surface area contributed by atoms with Crippen LogP contribution < -0.4 is 5.32 Å². The van der Waals surface area contributed by atoms with E-state index in [-0.39, 0.29) is 6.54 Å². The van der Waals surface area contributed by atoms with Gasteiger partial charge in [0.05, 0.1) is 0 Å². The third kappa shape index (κ3) is 2.31. The van der Waals surface area contributed by atoms with Gasteiger partial charge in [0.2, 0.25) is 0 Å². The molecule has 0 spiro atoms. The first kappa shape index (κ1) is 10.5. The average Bonchev–Trinajstić information content (AvgIpc) is 2.26. The molecule has 0 radical (unpaired) electrons. The number of anilines is 1. The quantitative estimate of drug-likeness (QED) is 0.827. The van der Waals surface area contributed by atoms with E-state index in [9.17, 15) is 4.79 Å². The van der Waals surface area contributed by atoms with Gasteiger partial charge in [-0.3, -0.25) is 4.79 Å². The van der Waals surface area contributed by atoms with E-state index in [4.69, 9.17) is 5.11 Å². The van der Waals surface area contributed by atoms with Crippen LogP contribution in [0.5, 0.6) is 0 Å². The first-order chi connectivity index (χ1) is 7.65. The Morgan fingerprint density at radius 2 is 1.88 bits per heavy atom. The number of hydrogen-bond acceptors (Lipinski definition) is 2. The van der Waals surface area contributed by atoms with Crippen molar-refractivity contribution in [2.45, 2.75) is 6.92 Å². The zero-order chi connectivity index (χ0) is 11.5. The van der Waals surface area contributed by atoms with Crippen LogP contribution >= 0.6 is 0 Å². The first-order valence-corrected chi connectivity index (χ1v) is 5.11. The van der Waals surface area contributed by atoms with Crippen LogP contribution in [0.1, 0.15) is 5.56 Å². The summed E-state index contributed by atoms with van der Waals surface area (Å²) in [6.07, 6.45) is 0. The molecule has 2 N–H and O–H groups in total. The van der Waals surface area contributed by atoms with E-state index in [0.717, 1.165) is 11.1 Å². The predicted octanol–water partition coefficient (Wildman–Crippen LogP) is 2.64. The SMILES string of the molecule is Cc1ccc2cc(NCC(=O)O)ccc2c1. The van der Waals surface area contributed by atoms with E-state index < -0.39 is 5.97 Å². The molecule has 2 aromatic carbocycles. The van der Waals surface area contributed by atoms with Crippen LogP contribution in [0, 0.1) is 6.92 Å². The summed E-state index contributed by atoms with van der Waals surface area (Å²) >= 11 is 0. The molecule has 0 aromatic heterocycles. The number of carbonyl (C=O) groups is 1. The number of rotatable bonds is 3. The molecule has 3 heteroatoms. The smallest absolute Gasteiger partial charge is 0.322 e. The number of carboxylic acid groups (broad SMARTS) is 1. The molecular formula is C13H13NO2. The summed E-state index contributed by atoms with van der Waals surface area (Å²) in [6.45, 7) is 1.99. The minimum atomic E-state index is -0.857. The summed E-state index contributed by atoms with van der Waals surface area (Å²) in [6, 6.07) is 12.0. The second-order valence-corrected chi connectivity index (χ2v) is 3.81. The van der Waals surface area contributed by atoms with Crippen molar-refractivity contribution < 1.29 is 9.90 Å². The van der Waals surface area contributed by atoms with E-state index in [2.05, 4.69) is 18.3 Å². The van der Waals surface area contributed by atoms with Gasteiger partial charge < -0.3 is 10.4 Å². The van der Waals surface area contributed by atoms with Crippen molar-refractivity contribution in [1.82, 2.24) is 0 Å². The number of hydrogen-bond donors (Lipinski definition) is 2. The van der Waals surface area contributed by atoms with E-state index in [0.29, 0.717) is 0 Å². The van der Waals surface area contributed by atoms with Crippen LogP contribution in [0.15, 0.2) is 36.4 Å². The molecule has 0 fully saturated rings. The van der Waals surface area contributed by atoms with Gasteiger partial charge in [-0.25, -0.2) is 0 Å². The Hall–Kier alpha value is -2.03. The van der Waals surface area contributed by atoms with Crippen LogP contribution in [0.2, 0.25) is 0 Å². The van der Waals surface area contributed by atoms with E-state index in [1.165, 1.54) is 10.9 Å². The lowest BCUT2D eigenvalue weighted by molar-refractivity contribution is -0.134. The molecule has 0 unspecified atom stereocenters. The second-order valence-electron chi connectivity index (χ2n) is 3.81. The molecule has 2 aromatic rings. The first-order valence-electron chi connectivity index (χ1n) is 5.11. The highest BCUT2D eigenvalue weighted by atomic mass is 16.4. The Labute approximate surface area is 93.7 Å². The van der Waals surface area contributed by atoms with Crippen LogP contribution in [0.4, 0.5) is 5.69 Å². The van der Waals surface area contributed by atoms with Gasteiger partial charge in [0, 0.05) is 5.69 Å². The molecule has 82 valence electrons. The molecule has 0 saturated heterocycles. The summed E-state index contributed by atoms with van der Waals surface area (Å²) < 4.78 is 0. The average molecular weight is 215 g/mol. The fourth-order valence-corrected chi connectivity index (χ4v) is 1.65. The van der Waals surface area contributed by atoms with Gasteiger partial charge in [-0.1, -0.05) is 29.8 Å². The number of benzene rings is 2. The molecule has 0 atom stereocenters. The maximum absolute atomic E-state index is 10.4. The van der Waals surface area contributed by atoms with Crippen LogP contribution in [-0.4, -0.2) is 17.6 Å². The van der Waals surface area contributed by atoms with Crippen LogP contribution in [0.3, 0.4) is 0 Å². The molecule has 0 aliphatic heterocycles. The third-order valence-electron chi connectivity index (χ3n) is 2.44. The van der Waals surface area contributed by atoms with Crippen LogP contribution in [-0.2, 0) is 4.79 Å². The molecule has 16 heavy (non-hydrogen) atoms. The molecule has 0 bridgehead atoms. The van der Waals surface area contributed by atoms with Gasteiger partial charge in [0.25, 0.3) is 0 Å². The van der Waals surface area contributed by atoms with Gasteiger partial charge >= 0.3 is 5.97 Å². The summed E-state index contributed by atoms with van der Waals surface area (Å²) in [7, 11) is 0. The van der Waals surface area contributed by atoms with Crippen molar-refractivity contribution in [2.24, 2.45) is 0 Å². The fraction of sp³-hybridized carbons (Fsp3) is 0.154. The highest BCUT2D eigenvalue weighted by Gasteiger charge is 1.99. The minimum absolute atomic E-state index is 0.0582. The van der Waals surface area contributed by atoms with Crippen molar-refractivity contribution in [3.05, 3.63) is 42.0 Å². The molecule has 2 rings (SSSR count). The molecular weight excluding hydrogens is 202 g/mol. The third-order valence-corrected chi connectivity index (χ3v) is 2.44. The number of fused-ring (bicyclic) bond motifs is 1. The Morgan fingerprint density at radius 3 is 2.62 bits per heavy atom. The van der Waals surface area contributed by atoms with E-state index in [1.807, 2.05) is 30.3 Å². The monoisotopic (exact) mass is 215 g/mol. The standard InChI is InChI=1S/C13H13NO2/c1-9-2-3-11-7-12(14-8-13(15)16)5-4-10(11)6-9/h2-7,14H,8H2,1H3,(H,15,16). The van der Waals surface area contributed by atoms with Crippen molar-refractivity contribution >= 4 is 22.4 Å². The number of carboxylic acids is 1. The maximum Gasteiger partial charge on any atom is 0.322 e. The second kappa shape index (κ2) is 4.23. The lowest BCUT2D eigenvalue weighted by Crippen LogP contribution is -2.12. The van der Waals surface area contributed by atoms with Gasteiger partial charge in [0.15, 0.2) is 0 Å². The van der Waals surface area contributed by atoms with Crippen molar-refractivity contribution in [1.29, 1.82) is 0 Å². The van der Waals surface area contributed by atoms with Gasteiger partial charge in [-0.15, -0.1) is 0 Å². The van der Waals surface area contributed by atoms with Crippen molar-refractivity contribution in [3.8, 4) is 0 Å². The largest absolute Gasteiger partial charge is 0.480 e. The van der Waals surface area contributed by atoms with Crippen molar-refractivity contribution in [2.75, 3.05) is 11.9 Å². The zero-order valence-electron chi connectivity index (χ0n) is 9.03. The van der Waals surface area contributed by atoms with Crippen LogP contribution in [0.25, 0.3) is 10.8 Å². The summed E-state index contributed by atoms with van der Waals surface area (Å²) in [5, 5.41) is 13.7. The Kier molecular flexibility index (Phi) is 2.77. The lowest BCUT2D eigenvalue weighted by Gasteiger charge is -2.05. The van der Waals surface area contributed by atoms with Crippen molar-refractivity contribution in [3.63, 3.8) is 0 Å². The molecule has 3 nitrogen and oxygen atoms in total. The number of nitrogens with one attached hydrogen (secondary N) is 1. The van der Waals surface area contributed by atoms with E-state index >= 15 is 0 Å². The summed E-state index contributed by atoms with van der Waals surface area (Å²) in [4.78, 5) is 10.4. The maximum atomic E-state index is 10.4. The Bertz CT molecular complexity index is 534. The molecule has 0 aliphatic rings. The highest BCUT2D eigenvalue weighted by molar-refractivity contribution is 5.86. The molecule has 0 saturated carbocycles. The fourth-order valence-electron chi connectivity index (χ4n) is 1.65. The Morgan fingerprint density at radius 1 is 1.19 bits per heavy atom. The summed E-state index contributed by atoms with van der Waals surface area (Å²) in [5.41, 5.74) is 2.05. The molecule has 0 aliphatic carbocycles. The summed E-state index contributed by atoms with van der Waals surface area (Å²) in [5.74, 6) is -0.857. The highest BCUT2D eigenvalue weighted by Crippen LogP contribution is 2.20. The molecule has 0 amide bonds. The predicted molar refractivity (Wildman–Crippen MR) is 64.8 cm³/mol. The van der Waals surface area contributed by atoms with Gasteiger partial charge in [0.1, 0.15) is 6.54 Å². The minimum Gasteiger partial charge on any atom is -0.480 e. The normalized spacial score (nSPS) is 10.3. The lowest BCUT2D eigenvalue weighted by atomic mass is 10.1. The Balaban J connectivity index is 2.30. The van der Waals surface area contributed by atoms with Gasteiger partial charge in [-0.05, 0) is 29.8 Å². The molecule has 0 heterocycles. The zero-order valence-corrected chi connectivity index (χ0v) is 9.03. The number of aryl methyl sites for hydroxylation is 1. The van der Waals surface area contributed by atoms with E-state index in [1.54, 1.807) is 0 Å². The topological polar surface area (TPSA) is 49.3 Å². The number of aliphatic carboxylic acids is 1.